The second-order valence-electron chi connectivity index (χ2n) is 8.31. The summed E-state index contributed by atoms with van der Waals surface area (Å²) in [5, 5.41) is 7.34. The summed E-state index contributed by atoms with van der Waals surface area (Å²) in [4.78, 5) is 26.7. The summed E-state index contributed by atoms with van der Waals surface area (Å²) in [5.41, 5.74) is 0.809. The van der Waals surface area contributed by atoms with Gasteiger partial charge in [-0.1, -0.05) is 53.4 Å². The summed E-state index contributed by atoms with van der Waals surface area (Å²) in [6, 6.07) is 1.88. The third-order valence-corrected chi connectivity index (χ3v) is 4.66. The van der Waals surface area contributed by atoms with E-state index in [1.54, 1.807) is 23.7 Å². The summed E-state index contributed by atoms with van der Waals surface area (Å²) >= 11 is 0. The van der Waals surface area contributed by atoms with Crippen LogP contribution in [0, 0.1) is 0 Å². The van der Waals surface area contributed by atoms with Crippen molar-refractivity contribution in [3.8, 4) is 0 Å². The van der Waals surface area contributed by atoms with Crippen molar-refractivity contribution in [2.24, 2.45) is 7.05 Å². The van der Waals surface area contributed by atoms with Crippen molar-refractivity contribution < 1.29 is 14.3 Å². The molecule has 1 aromatic rings. The minimum atomic E-state index is -0.223. The third kappa shape index (κ3) is 8.42. The van der Waals surface area contributed by atoms with Gasteiger partial charge in [-0.3, -0.25) is 14.3 Å². The Morgan fingerprint density at radius 2 is 1.89 bits per heavy atom. The second-order valence-corrected chi connectivity index (χ2v) is 8.31. The molecular weight excluding hydrogens is 356 g/mol. The Morgan fingerprint density at radius 1 is 1.21 bits per heavy atom. The first kappa shape index (κ1) is 24.1. The zero-order chi connectivity index (χ0) is 21.2. The molecule has 0 fully saturated rings. The second kappa shape index (κ2) is 11.8. The average molecular weight is 395 g/mol. The molecule has 0 bridgehead atoms. The van der Waals surface area contributed by atoms with Gasteiger partial charge in [0.25, 0.3) is 0 Å². The summed E-state index contributed by atoms with van der Waals surface area (Å²) < 4.78 is 6.76. The van der Waals surface area contributed by atoms with Crippen molar-refractivity contribution in [1.29, 1.82) is 0 Å². The molecule has 0 saturated heterocycles. The zero-order valence-electron chi connectivity index (χ0n) is 18.5. The molecular formula is C21H38N4O3. The van der Waals surface area contributed by atoms with Crippen LogP contribution < -0.4 is 5.32 Å². The molecule has 0 atom stereocenters. The molecule has 1 rings (SSSR count). The Bertz CT molecular complexity index is 620. The summed E-state index contributed by atoms with van der Waals surface area (Å²) in [5.74, 6) is 0.414. The highest BCUT2D eigenvalue weighted by Gasteiger charge is 2.21. The molecule has 2 amide bonds. The molecule has 0 aromatic carbocycles. The molecule has 0 spiro atoms. The number of aromatic nitrogens is 2. The Morgan fingerprint density at radius 3 is 2.46 bits per heavy atom. The minimum absolute atomic E-state index is 0.00378. The zero-order valence-corrected chi connectivity index (χ0v) is 18.5. The van der Waals surface area contributed by atoms with Crippen LogP contribution in [-0.2, 0) is 26.8 Å². The van der Waals surface area contributed by atoms with Gasteiger partial charge in [0, 0.05) is 38.6 Å². The standard InChI is InChI=1S/C21H38N4O3/c1-7-8-9-10-11-12-20(27)25(13-14-28-6)16-19(26)22-18-15-17(21(2,3)4)23-24(18)5/h15H,7-14,16H2,1-6H3,(H,22,26). The lowest BCUT2D eigenvalue weighted by atomic mass is 9.92. The maximum Gasteiger partial charge on any atom is 0.245 e. The topological polar surface area (TPSA) is 76.5 Å². The van der Waals surface area contributed by atoms with Crippen LogP contribution in [0.3, 0.4) is 0 Å². The van der Waals surface area contributed by atoms with Gasteiger partial charge in [0.05, 0.1) is 18.8 Å². The van der Waals surface area contributed by atoms with Crippen LogP contribution in [0.1, 0.15) is 71.9 Å². The van der Waals surface area contributed by atoms with Gasteiger partial charge in [0.15, 0.2) is 0 Å². The van der Waals surface area contributed by atoms with E-state index in [0.717, 1.165) is 25.0 Å². The van der Waals surface area contributed by atoms with Crippen LogP contribution in [-0.4, -0.2) is 53.3 Å². The number of nitrogens with zero attached hydrogens (tertiary/aromatic N) is 3. The number of hydrogen-bond donors (Lipinski definition) is 1. The molecule has 160 valence electrons. The van der Waals surface area contributed by atoms with Gasteiger partial charge >= 0.3 is 0 Å². The van der Waals surface area contributed by atoms with E-state index in [1.165, 1.54) is 12.8 Å². The number of anilines is 1. The Hall–Kier alpha value is -1.89. The van der Waals surface area contributed by atoms with Crippen molar-refractivity contribution in [2.75, 3.05) is 32.1 Å². The van der Waals surface area contributed by atoms with Gasteiger partial charge in [-0.25, -0.2) is 0 Å². The molecule has 0 saturated carbocycles. The molecule has 1 N–H and O–H groups in total. The van der Waals surface area contributed by atoms with Gasteiger partial charge in [-0.05, 0) is 6.42 Å². The predicted octanol–water partition coefficient (Wildman–Crippen LogP) is 3.49. The SMILES string of the molecule is CCCCCCCC(=O)N(CCOC)CC(=O)Nc1cc(C(C)(C)C)nn1C. The van der Waals surface area contributed by atoms with E-state index < -0.39 is 0 Å². The molecule has 28 heavy (non-hydrogen) atoms. The number of amides is 2. The monoisotopic (exact) mass is 394 g/mol. The first-order chi connectivity index (χ1) is 13.2. The van der Waals surface area contributed by atoms with Gasteiger partial charge in [-0.15, -0.1) is 0 Å². The number of unbranched alkanes of at least 4 members (excludes halogenated alkanes) is 4. The highest BCUT2D eigenvalue weighted by molar-refractivity contribution is 5.94. The van der Waals surface area contributed by atoms with Crippen molar-refractivity contribution in [1.82, 2.24) is 14.7 Å². The molecule has 0 aliphatic heterocycles. The Labute approximate surface area is 169 Å². The van der Waals surface area contributed by atoms with Crippen LogP contribution in [0.5, 0.6) is 0 Å². The quantitative estimate of drug-likeness (QED) is 0.551. The van der Waals surface area contributed by atoms with Crippen LogP contribution in [0.4, 0.5) is 5.82 Å². The predicted molar refractivity (Wildman–Crippen MR) is 112 cm³/mol. The van der Waals surface area contributed by atoms with E-state index in [-0.39, 0.29) is 23.8 Å². The van der Waals surface area contributed by atoms with Crippen molar-refractivity contribution in [2.45, 2.75) is 71.6 Å². The Kier molecular flexibility index (Phi) is 10.2. The third-order valence-electron chi connectivity index (χ3n) is 4.66. The number of ether oxygens (including phenoxy) is 1. The van der Waals surface area contributed by atoms with Crippen molar-refractivity contribution in [3.05, 3.63) is 11.8 Å². The van der Waals surface area contributed by atoms with Crippen molar-refractivity contribution in [3.63, 3.8) is 0 Å². The molecule has 0 aliphatic carbocycles. The van der Waals surface area contributed by atoms with Crippen molar-refractivity contribution >= 4 is 17.6 Å². The minimum Gasteiger partial charge on any atom is -0.383 e. The van der Waals surface area contributed by atoms with Gasteiger partial charge in [-0.2, -0.15) is 5.10 Å². The molecule has 7 heteroatoms. The largest absolute Gasteiger partial charge is 0.383 e. The lowest BCUT2D eigenvalue weighted by Gasteiger charge is -2.22. The number of nitrogens with one attached hydrogen (secondary N) is 1. The van der Waals surface area contributed by atoms with Crippen LogP contribution in [0.2, 0.25) is 0 Å². The van der Waals surface area contributed by atoms with Gasteiger partial charge in [0.2, 0.25) is 11.8 Å². The number of carbonyl (C=O) groups excluding carboxylic acids is 2. The fourth-order valence-corrected chi connectivity index (χ4v) is 2.84. The number of hydrogen-bond acceptors (Lipinski definition) is 4. The number of carbonyl (C=O) groups is 2. The maximum absolute atomic E-state index is 12.5. The summed E-state index contributed by atoms with van der Waals surface area (Å²) in [6.07, 6.45) is 5.92. The lowest BCUT2D eigenvalue weighted by molar-refractivity contribution is -0.135. The highest BCUT2D eigenvalue weighted by Crippen LogP contribution is 2.23. The van der Waals surface area contributed by atoms with Crippen LogP contribution in [0.25, 0.3) is 0 Å². The van der Waals surface area contributed by atoms with E-state index in [9.17, 15) is 9.59 Å². The van der Waals surface area contributed by atoms with Crippen LogP contribution in [0.15, 0.2) is 6.07 Å². The van der Waals surface area contributed by atoms with Crippen LogP contribution >= 0.6 is 0 Å². The molecule has 1 heterocycles. The normalized spacial score (nSPS) is 11.5. The highest BCUT2D eigenvalue weighted by atomic mass is 16.5. The van der Waals surface area contributed by atoms with E-state index in [1.807, 2.05) is 6.07 Å². The van der Waals surface area contributed by atoms with E-state index >= 15 is 0 Å². The summed E-state index contributed by atoms with van der Waals surface area (Å²) in [6.45, 7) is 9.24. The molecule has 7 nitrogen and oxygen atoms in total. The first-order valence-corrected chi connectivity index (χ1v) is 10.3. The fraction of sp³-hybridized carbons (Fsp3) is 0.762. The molecule has 0 radical (unpaired) electrons. The fourth-order valence-electron chi connectivity index (χ4n) is 2.84. The molecule has 1 aromatic heterocycles. The number of rotatable bonds is 12. The first-order valence-electron chi connectivity index (χ1n) is 10.3. The smallest absolute Gasteiger partial charge is 0.245 e. The molecule has 0 unspecified atom stereocenters. The average Bonchev–Trinajstić information content (AvgIpc) is 2.99. The Balaban J connectivity index is 2.64. The van der Waals surface area contributed by atoms with E-state index in [4.69, 9.17) is 4.74 Å². The molecule has 0 aliphatic rings. The van der Waals surface area contributed by atoms with Gasteiger partial charge in [0.1, 0.15) is 5.82 Å². The van der Waals surface area contributed by atoms with Gasteiger partial charge < -0.3 is 15.0 Å². The number of methoxy groups -OCH3 is 1. The van der Waals surface area contributed by atoms with E-state index in [2.05, 4.69) is 38.1 Å². The number of aryl methyl sites for hydroxylation is 1. The lowest BCUT2D eigenvalue weighted by Crippen LogP contribution is -2.40. The summed E-state index contributed by atoms with van der Waals surface area (Å²) in [7, 11) is 3.39. The van der Waals surface area contributed by atoms with E-state index in [0.29, 0.717) is 25.4 Å². The maximum atomic E-state index is 12.5.